The van der Waals surface area contributed by atoms with Gasteiger partial charge in [0.1, 0.15) is 23.4 Å². The van der Waals surface area contributed by atoms with Crippen LogP contribution in [-0.2, 0) is 14.4 Å². The van der Waals surface area contributed by atoms with Gasteiger partial charge in [0.15, 0.2) is 0 Å². The van der Waals surface area contributed by atoms with Crippen LogP contribution in [-0.4, -0.2) is 53.4 Å². The second-order valence-corrected chi connectivity index (χ2v) is 8.60. The lowest BCUT2D eigenvalue weighted by Crippen LogP contribution is -2.58. The maximum Gasteiger partial charge on any atom is 0.264 e. The van der Waals surface area contributed by atoms with Crippen LogP contribution >= 0.6 is 0 Å². The summed E-state index contributed by atoms with van der Waals surface area (Å²) in [5.74, 6) is -0.0236. The molecule has 3 atom stereocenters. The Morgan fingerprint density at radius 3 is 2.62 bits per heavy atom. The summed E-state index contributed by atoms with van der Waals surface area (Å²) in [5.41, 5.74) is 0.820. The molecule has 2 aromatic rings. The Kier molecular flexibility index (Phi) is 7.12. The molecule has 2 saturated heterocycles. The molecular weight excluding hydrogens is 439 g/mol. The maximum absolute atomic E-state index is 13.6. The van der Waals surface area contributed by atoms with E-state index in [9.17, 15) is 18.8 Å². The minimum atomic E-state index is -0.781. The van der Waals surface area contributed by atoms with Crippen LogP contribution in [0.1, 0.15) is 44.2 Å². The van der Waals surface area contributed by atoms with Crippen molar-refractivity contribution >= 4 is 17.7 Å². The molecular formula is C25H29FN4O4. The van der Waals surface area contributed by atoms with Crippen LogP contribution in [0.5, 0.6) is 11.5 Å². The van der Waals surface area contributed by atoms with E-state index in [1.807, 2.05) is 18.2 Å². The standard InChI is InChI=1S/C25H29FN4O4/c1-16(27-2)24(32)28-21-12-13-23(31)29-14-4-7-22(30(29)25(21)33)17-5-3-6-20(15-17)34-19-10-8-18(26)9-11-19/h3,5-6,8-11,15-16,21-22,27H,4,7,12-14H2,1-2H3,(H,28,32)/t16?,21-,22-/m0/s1. The predicted molar refractivity (Wildman–Crippen MR) is 123 cm³/mol. The van der Waals surface area contributed by atoms with E-state index < -0.39 is 12.1 Å². The molecule has 180 valence electrons. The molecule has 34 heavy (non-hydrogen) atoms. The van der Waals surface area contributed by atoms with E-state index in [4.69, 9.17) is 4.74 Å². The molecule has 0 bridgehead atoms. The normalized spacial score (nSPS) is 21.5. The first-order chi connectivity index (χ1) is 16.4. The molecule has 2 aliphatic heterocycles. The summed E-state index contributed by atoms with van der Waals surface area (Å²) in [6.45, 7) is 2.17. The van der Waals surface area contributed by atoms with Gasteiger partial charge in [-0.1, -0.05) is 12.1 Å². The highest BCUT2D eigenvalue weighted by atomic mass is 19.1. The minimum Gasteiger partial charge on any atom is -0.457 e. The van der Waals surface area contributed by atoms with Gasteiger partial charge in [-0.25, -0.2) is 9.40 Å². The first-order valence-electron chi connectivity index (χ1n) is 11.5. The highest BCUT2D eigenvalue weighted by Gasteiger charge is 2.42. The highest BCUT2D eigenvalue weighted by molar-refractivity contribution is 5.92. The van der Waals surface area contributed by atoms with Gasteiger partial charge in [0.2, 0.25) is 11.8 Å². The number of nitrogens with zero attached hydrogens (tertiary/aromatic N) is 2. The number of amides is 3. The number of likely N-dealkylation sites (N-methyl/N-ethyl adjacent to an activating group) is 1. The SMILES string of the molecule is CNC(C)C(=O)N[C@H]1CCC(=O)N2CCC[C@@H](c3cccc(Oc4ccc(F)cc4)c3)N2C1=O. The van der Waals surface area contributed by atoms with Crippen LogP contribution in [0.3, 0.4) is 0 Å². The van der Waals surface area contributed by atoms with Gasteiger partial charge < -0.3 is 15.4 Å². The monoisotopic (exact) mass is 468 g/mol. The zero-order chi connectivity index (χ0) is 24.2. The van der Waals surface area contributed by atoms with Gasteiger partial charge in [0.05, 0.1) is 12.1 Å². The fourth-order valence-electron chi connectivity index (χ4n) is 4.32. The van der Waals surface area contributed by atoms with E-state index in [2.05, 4.69) is 10.6 Å². The van der Waals surface area contributed by atoms with Crippen molar-refractivity contribution in [2.24, 2.45) is 0 Å². The molecule has 2 heterocycles. The van der Waals surface area contributed by atoms with Crippen molar-refractivity contribution < 1.29 is 23.5 Å². The highest BCUT2D eigenvalue weighted by Crippen LogP contribution is 2.36. The second kappa shape index (κ2) is 10.2. The van der Waals surface area contributed by atoms with Crippen LogP contribution in [0.15, 0.2) is 48.5 Å². The summed E-state index contributed by atoms with van der Waals surface area (Å²) >= 11 is 0. The fourth-order valence-corrected chi connectivity index (χ4v) is 4.32. The molecule has 0 aromatic heterocycles. The number of fused-ring (bicyclic) bond motifs is 1. The number of hydrogen-bond donors (Lipinski definition) is 2. The van der Waals surface area contributed by atoms with Crippen LogP contribution < -0.4 is 15.4 Å². The zero-order valence-corrected chi connectivity index (χ0v) is 19.3. The van der Waals surface area contributed by atoms with Crippen molar-refractivity contribution in [2.45, 2.75) is 50.7 Å². The van der Waals surface area contributed by atoms with Crippen molar-refractivity contribution in [2.75, 3.05) is 13.6 Å². The summed E-state index contributed by atoms with van der Waals surface area (Å²) in [6, 6.07) is 11.4. The molecule has 1 unspecified atom stereocenters. The van der Waals surface area contributed by atoms with Crippen LogP contribution in [0.4, 0.5) is 4.39 Å². The average Bonchev–Trinajstić information content (AvgIpc) is 2.97. The number of halogens is 1. The Morgan fingerprint density at radius 2 is 1.88 bits per heavy atom. The number of carbonyl (C=O) groups is 3. The molecule has 0 spiro atoms. The number of nitrogens with one attached hydrogen (secondary N) is 2. The van der Waals surface area contributed by atoms with Gasteiger partial charge in [0.25, 0.3) is 5.91 Å². The number of benzene rings is 2. The first-order valence-corrected chi connectivity index (χ1v) is 11.5. The Labute approximate surface area is 198 Å². The lowest BCUT2D eigenvalue weighted by molar-refractivity contribution is -0.174. The summed E-state index contributed by atoms with van der Waals surface area (Å²) in [6.07, 6.45) is 1.86. The molecule has 2 aliphatic rings. The van der Waals surface area contributed by atoms with Crippen molar-refractivity contribution in [3.63, 3.8) is 0 Å². The number of hydrogen-bond acceptors (Lipinski definition) is 5. The minimum absolute atomic E-state index is 0.129. The average molecular weight is 469 g/mol. The van der Waals surface area contributed by atoms with Gasteiger partial charge in [-0.15, -0.1) is 0 Å². The molecule has 2 fully saturated rings. The van der Waals surface area contributed by atoms with E-state index in [-0.39, 0.29) is 42.4 Å². The van der Waals surface area contributed by atoms with Crippen LogP contribution in [0.2, 0.25) is 0 Å². The third-order valence-corrected chi connectivity index (χ3v) is 6.30. The van der Waals surface area contributed by atoms with Crippen LogP contribution in [0, 0.1) is 5.82 Å². The van der Waals surface area contributed by atoms with Gasteiger partial charge in [-0.3, -0.25) is 19.4 Å². The van der Waals surface area contributed by atoms with E-state index in [0.717, 1.165) is 12.0 Å². The zero-order valence-electron chi connectivity index (χ0n) is 19.3. The Hall–Kier alpha value is -3.46. The summed E-state index contributed by atoms with van der Waals surface area (Å²) in [7, 11) is 1.67. The lowest BCUT2D eigenvalue weighted by Gasteiger charge is -2.44. The van der Waals surface area contributed by atoms with Crippen LogP contribution in [0.25, 0.3) is 0 Å². The van der Waals surface area contributed by atoms with E-state index in [0.29, 0.717) is 24.5 Å². The second-order valence-electron chi connectivity index (χ2n) is 8.60. The van der Waals surface area contributed by atoms with Crippen molar-refractivity contribution in [3.8, 4) is 11.5 Å². The van der Waals surface area contributed by atoms with E-state index >= 15 is 0 Å². The number of ether oxygens (including phenoxy) is 1. The molecule has 0 aliphatic carbocycles. The molecule has 0 radical (unpaired) electrons. The lowest BCUT2D eigenvalue weighted by atomic mass is 9.98. The van der Waals surface area contributed by atoms with Gasteiger partial charge >= 0.3 is 0 Å². The molecule has 2 aromatic carbocycles. The maximum atomic E-state index is 13.6. The Balaban J connectivity index is 1.60. The topological polar surface area (TPSA) is 91.0 Å². The first kappa shape index (κ1) is 23.7. The number of carbonyl (C=O) groups excluding carboxylic acids is 3. The van der Waals surface area contributed by atoms with Gasteiger partial charge in [0, 0.05) is 13.0 Å². The Morgan fingerprint density at radius 1 is 1.12 bits per heavy atom. The summed E-state index contributed by atoms with van der Waals surface area (Å²) in [4.78, 5) is 38.9. The molecule has 4 rings (SSSR count). The van der Waals surface area contributed by atoms with Crippen molar-refractivity contribution in [1.82, 2.24) is 20.7 Å². The van der Waals surface area contributed by atoms with Crippen molar-refractivity contribution in [1.29, 1.82) is 0 Å². The van der Waals surface area contributed by atoms with Gasteiger partial charge in [-0.05, 0) is 75.2 Å². The summed E-state index contributed by atoms with van der Waals surface area (Å²) in [5, 5.41) is 8.72. The third kappa shape index (κ3) is 5.04. The summed E-state index contributed by atoms with van der Waals surface area (Å²) < 4.78 is 19.1. The Bertz CT molecular complexity index is 1060. The molecule has 0 saturated carbocycles. The van der Waals surface area contributed by atoms with E-state index in [1.54, 1.807) is 32.2 Å². The predicted octanol–water partition coefficient (Wildman–Crippen LogP) is 2.91. The van der Waals surface area contributed by atoms with E-state index in [1.165, 1.54) is 22.2 Å². The number of hydrazine groups is 1. The van der Waals surface area contributed by atoms with Gasteiger partial charge in [-0.2, -0.15) is 0 Å². The third-order valence-electron chi connectivity index (χ3n) is 6.30. The molecule has 9 heteroatoms. The fraction of sp³-hybridized carbons (Fsp3) is 0.400. The smallest absolute Gasteiger partial charge is 0.264 e. The van der Waals surface area contributed by atoms with Crippen molar-refractivity contribution in [3.05, 3.63) is 59.9 Å². The largest absolute Gasteiger partial charge is 0.457 e. The molecule has 3 amide bonds. The quantitative estimate of drug-likeness (QED) is 0.680. The number of rotatable bonds is 6. The molecule has 8 nitrogen and oxygen atoms in total. The molecule has 2 N–H and O–H groups in total.